The molecular formula is C12H21N3. The van der Waals surface area contributed by atoms with Crippen LogP contribution in [0.1, 0.15) is 37.9 Å². The fourth-order valence-electron chi connectivity index (χ4n) is 2.54. The van der Waals surface area contributed by atoms with Crippen molar-refractivity contribution in [3.63, 3.8) is 0 Å². The fourth-order valence-corrected chi connectivity index (χ4v) is 2.54. The Hall–Kier alpha value is -0.830. The number of nitrogens with zero attached hydrogens (tertiary/aromatic N) is 2. The minimum absolute atomic E-state index is 0.415. The molecule has 1 heterocycles. The molecule has 0 aliphatic heterocycles. The van der Waals surface area contributed by atoms with Crippen molar-refractivity contribution in [1.29, 1.82) is 0 Å². The molecule has 1 aromatic heterocycles. The van der Waals surface area contributed by atoms with E-state index in [9.17, 15) is 0 Å². The maximum Gasteiger partial charge on any atom is 0.108 e. The summed E-state index contributed by atoms with van der Waals surface area (Å²) in [5.74, 6) is 1.94. The average Bonchev–Trinajstić information content (AvgIpc) is 2.48. The van der Waals surface area contributed by atoms with Crippen molar-refractivity contribution in [2.24, 2.45) is 18.7 Å². The lowest BCUT2D eigenvalue weighted by atomic mass is 9.94. The molecule has 0 spiro atoms. The summed E-state index contributed by atoms with van der Waals surface area (Å²) in [5, 5.41) is 0. The monoisotopic (exact) mass is 207 g/mol. The van der Waals surface area contributed by atoms with Crippen molar-refractivity contribution >= 4 is 0 Å². The second-order valence-electron chi connectivity index (χ2n) is 4.80. The van der Waals surface area contributed by atoms with Crippen molar-refractivity contribution in [3.8, 4) is 0 Å². The van der Waals surface area contributed by atoms with Gasteiger partial charge in [-0.25, -0.2) is 4.98 Å². The molecule has 1 aromatic rings. The first kappa shape index (κ1) is 10.7. The van der Waals surface area contributed by atoms with Gasteiger partial charge >= 0.3 is 0 Å². The zero-order valence-corrected chi connectivity index (χ0v) is 9.52. The zero-order chi connectivity index (χ0) is 10.7. The number of imidazole rings is 1. The van der Waals surface area contributed by atoms with Gasteiger partial charge in [0.15, 0.2) is 0 Å². The zero-order valence-electron chi connectivity index (χ0n) is 9.52. The Morgan fingerprint density at radius 3 is 3.00 bits per heavy atom. The minimum Gasteiger partial charge on any atom is -0.338 e. The van der Waals surface area contributed by atoms with Gasteiger partial charge in [0.2, 0.25) is 0 Å². The molecule has 1 fully saturated rings. The molecule has 2 N–H and O–H groups in total. The van der Waals surface area contributed by atoms with E-state index in [0.29, 0.717) is 6.04 Å². The molecule has 1 saturated carbocycles. The van der Waals surface area contributed by atoms with Gasteiger partial charge < -0.3 is 10.3 Å². The van der Waals surface area contributed by atoms with Gasteiger partial charge in [-0.3, -0.25) is 0 Å². The molecule has 15 heavy (non-hydrogen) atoms. The number of rotatable bonds is 2. The molecule has 1 aliphatic rings. The summed E-state index contributed by atoms with van der Waals surface area (Å²) >= 11 is 0. The number of aromatic nitrogens is 2. The Kier molecular flexibility index (Phi) is 3.41. The van der Waals surface area contributed by atoms with Crippen LogP contribution in [0.2, 0.25) is 0 Å². The first-order chi connectivity index (χ1) is 7.25. The van der Waals surface area contributed by atoms with Crippen molar-refractivity contribution in [3.05, 3.63) is 18.2 Å². The Bertz CT molecular complexity index is 306. The summed E-state index contributed by atoms with van der Waals surface area (Å²) in [6.07, 6.45) is 11.3. The standard InChI is InChI=1S/C12H21N3/c1-15-7-6-14-12(15)9-10-4-2-3-5-11(13)8-10/h6-7,10-11H,2-5,8-9,13H2,1H3. The topological polar surface area (TPSA) is 43.8 Å². The number of aryl methyl sites for hydroxylation is 1. The highest BCUT2D eigenvalue weighted by Crippen LogP contribution is 2.24. The molecule has 3 nitrogen and oxygen atoms in total. The minimum atomic E-state index is 0.415. The molecule has 1 aliphatic carbocycles. The van der Waals surface area contributed by atoms with E-state index in [1.54, 1.807) is 0 Å². The van der Waals surface area contributed by atoms with Crippen LogP contribution in [0.5, 0.6) is 0 Å². The highest BCUT2D eigenvalue weighted by Gasteiger charge is 2.19. The SMILES string of the molecule is Cn1ccnc1CC1CCCCC(N)C1. The van der Waals surface area contributed by atoms with Crippen LogP contribution < -0.4 is 5.73 Å². The van der Waals surface area contributed by atoms with Crippen molar-refractivity contribution < 1.29 is 0 Å². The molecular weight excluding hydrogens is 186 g/mol. The van der Waals surface area contributed by atoms with Crippen molar-refractivity contribution in [2.45, 2.75) is 44.6 Å². The van der Waals surface area contributed by atoms with E-state index in [-0.39, 0.29) is 0 Å². The van der Waals surface area contributed by atoms with Gasteiger partial charge in [0.1, 0.15) is 5.82 Å². The normalized spacial score (nSPS) is 27.6. The third kappa shape index (κ3) is 2.81. The van der Waals surface area contributed by atoms with Gasteiger partial charge in [-0.2, -0.15) is 0 Å². The van der Waals surface area contributed by atoms with Gasteiger partial charge in [-0.05, 0) is 25.2 Å². The Morgan fingerprint density at radius 1 is 1.47 bits per heavy atom. The van der Waals surface area contributed by atoms with Crippen LogP contribution in [-0.2, 0) is 13.5 Å². The molecule has 0 bridgehead atoms. The third-order valence-electron chi connectivity index (χ3n) is 3.47. The molecule has 2 unspecified atom stereocenters. The second-order valence-corrected chi connectivity index (χ2v) is 4.80. The van der Waals surface area contributed by atoms with Crippen LogP contribution in [0.4, 0.5) is 0 Å². The van der Waals surface area contributed by atoms with E-state index in [2.05, 4.69) is 16.6 Å². The van der Waals surface area contributed by atoms with E-state index in [4.69, 9.17) is 5.73 Å². The molecule has 2 atom stereocenters. The summed E-state index contributed by atoms with van der Waals surface area (Å²) in [5.41, 5.74) is 6.06. The number of hydrogen-bond donors (Lipinski definition) is 1. The van der Waals surface area contributed by atoms with Crippen molar-refractivity contribution in [1.82, 2.24) is 9.55 Å². The van der Waals surface area contributed by atoms with Crippen molar-refractivity contribution in [2.75, 3.05) is 0 Å². The van der Waals surface area contributed by atoms with E-state index >= 15 is 0 Å². The molecule has 2 rings (SSSR count). The number of nitrogens with two attached hydrogens (primary N) is 1. The summed E-state index contributed by atoms with van der Waals surface area (Å²) in [7, 11) is 2.07. The van der Waals surface area contributed by atoms with Crippen LogP contribution in [-0.4, -0.2) is 15.6 Å². The number of hydrogen-bond acceptors (Lipinski definition) is 2. The van der Waals surface area contributed by atoms with Gasteiger partial charge in [-0.15, -0.1) is 0 Å². The van der Waals surface area contributed by atoms with E-state index in [1.807, 2.05) is 12.4 Å². The Labute approximate surface area is 91.7 Å². The molecule has 3 heteroatoms. The first-order valence-electron chi connectivity index (χ1n) is 5.97. The highest BCUT2D eigenvalue weighted by atomic mass is 15.0. The van der Waals surface area contributed by atoms with Gasteiger partial charge in [0.25, 0.3) is 0 Å². The van der Waals surface area contributed by atoms with E-state index in [0.717, 1.165) is 12.3 Å². The molecule has 0 radical (unpaired) electrons. The van der Waals surface area contributed by atoms with Crippen LogP contribution in [0.3, 0.4) is 0 Å². The van der Waals surface area contributed by atoms with E-state index in [1.165, 1.54) is 37.9 Å². The smallest absolute Gasteiger partial charge is 0.108 e. The molecule has 0 amide bonds. The Balaban J connectivity index is 1.96. The quantitative estimate of drug-likeness (QED) is 0.752. The van der Waals surface area contributed by atoms with Gasteiger partial charge in [-0.1, -0.05) is 12.8 Å². The molecule has 0 saturated heterocycles. The van der Waals surface area contributed by atoms with Crippen LogP contribution in [0.25, 0.3) is 0 Å². The van der Waals surface area contributed by atoms with Crippen LogP contribution in [0.15, 0.2) is 12.4 Å². The lowest BCUT2D eigenvalue weighted by molar-refractivity contribution is 0.419. The average molecular weight is 207 g/mol. The Morgan fingerprint density at radius 2 is 2.27 bits per heavy atom. The van der Waals surface area contributed by atoms with Crippen LogP contribution in [0, 0.1) is 5.92 Å². The fraction of sp³-hybridized carbons (Fsp3) is 0.750. The summed E-state index contributed by atoms with van der Waals surface area (Å²) in [6, 6.07) is 0.415. The maximum absolute atomic E-state index is 6.06. The summed E-state index contributed by atoms with van der Waals surface area (Å²) in [6.45, 7) is 0. The molecule has 84 valence electrons. The lowest BCUT2D eigenvalue weighted by Gasteiger charge is -2.16. The van der Waals surface area contributed by atoms with Crippen LogP contribution >= 0.6 is 0 Å². The molecule has 0 aromatic carbocycles. The lowest BCUT2D eigenvalue weighted by Crippen LogP contribution is -2.22. The predicted molar refractivity (Wildman–Crippen MR) is 61.5 cm³/mol. The summed E-state index contributed by atoms with van der Waals surface area (Å²) < 4.78 is 2.12. The van der Waals surface area contributed by atoms with Gasteiger partial charge in [0.05, 0.1) is 0 Å². The highest BCUT2D eigenvalue weighted by molar-refractivity contribution is 4.93. The maximum atomic E-state index is 6.06. The second kappa shape index (κ2) is 4.79. The largest absolute Gasteiger partial charge is 0.338 e. The third-order valence-corrected chi connectivity index (χ3v) is 3.47. The first-order valence-corrected chi connectivity index (χ1v) is 5.97. The predicted octanol–water partition coefficient (Wildman–Crippen LogP) is 1.87. The summed E-state index contributed by atoms with van der Waals surface area (Å²) in [4.78, 5) is 4.39. The van der Waals surface area contributed by atoms with Gasteiger partial charge in [0, 0.05) is 31.9 Å². The van der Waals surface area contributed by atoms with E-state index < -0.39 is 0 Å².